The van der Waals surface area contributed by atoms with E-state index >= 15 is 0 Å². The molecule has 26 heavy (non-hydrogen) atoms. The first-order valence-electron chi connectivity index (χ1n) is 8.47. The number of carboxylic acid groups (broad SMARTS) is 1. The lowest BCUT2D eigenvalue weighted by molar-refractivity contribution is -0.133. The smallest absolute Gasteiger partial charge is 0.332 e. The number of aliphatic carboxylic acids is 1. The molecule has 0 radical (unpaired) electrons. The first-order valence-corrected chi connectivity index (χ1v) is 8.47. The van der Waals surface area contributed by atoms with Crippen molar-refractivity contribution in [2.45, 2.75) is 31.7 Å². The molecule has 1 amide bonds. The Balaban J connectivity index is 1.72. The molecule has 6 heteroatoms. The summed E-state index contributed by atoms with van der Waals surface area (Å²) in [6, 6.07) is 6.54. The Kier molecular flexibility index (Phi) is 5.21. The molecule has 1 aromatic carbocycles. The first-order chi connectivity index (χ1) is 12.5. The number of hydrogen-bond acceptors (Lipinski definition) is 3. The van der Waals surface area contributed by atoms with Gasteiger partial charge in [0.15, 0.2) is 0 Å². The van der Waals surface area contributed by atoms with Crippen LogP contribution < -0.4 is 10.1 Å². The van der Waals surface area contributed by atoms with Crippen LogP contribution in [0.25, 0.3) is 5.57 Å². The van der Waals surface area contributed by atoms with Crippen molar-refractivity contribution in [2.24, 2.45) is 0 Å². The predicted octanol–water partition coefficient (Wildman–Crippen LogP) is 3.39. The molecule has 1 atom stereocenters. The van der Waals surface area contributed by atoms with Gasteiger partial charge in [0.05, 0.1) is 13.2 Å². The van der Waals surface area contributed by atoms with E-state index in [9.17, 15) is 14.0 Å². The molecule has 0 spiro atoms. The van der Waals surface area contributed by atoms with E-state index in [0.29, 0.717) is 31.4 Å². The van der Waals surface area contributed by atoms with Gasteiger partial charge in [-0.15, -0.1) is 0 Å². The van der Waals surface area contributed by atoms with Gasteiger partial charge < -0.3 is 15.2 Å². The third kappa shape index (κ3) is 3.69. The van der Waals surface area contributed by atoms with Crippen molar-refractivity contribution in [2.75, 3.05) is 7.11 Å². The fourth-order valence-electron chi connectivity index (χ4n) is 3.27. The maximum absolute atomic E-state index is 14.5. The van der Waals surface area contributed by atoms with E-state index in [0.717, 1.165) is 11.1 Å². The Morgan fingerprint density at radius 3 is 2.73 bits per heavy atom. The lowest BCUT2D eigenvalue weighted by atomic mass is 9.96. The number of hydrogen-bond donors (Lipinski definition) is 2. The van der Waals surface area contributed by atoms with Crippen LogP contribution in [0, 0.1) is 0 Å². The third-order valence-corrected chi connectivity index (χ3v) is 4.66. The van der Waals surface area contributed by atoms with Crippen molar-refractivity contribution in [1.82, 2.24) is 5.32 Å². The molecule has 5 nitrogen and oxygen atoms in total. The summed E-state index contributed by atoms with van der Waals surface area (Å²) in [6.45, 7) is 0. The summed E-state index contributed by atoms with van der Waals surface area (Å²) in [5.74, 6) is -1.34. The van der Waals surface area contributed by atoms with E-state index in [4.69, 9.17) is 9.84 Å². The molecule has 1 aromatic rings. The average Bonchev–Trinajstić information content (AvgIpc) is 3.13. The van der Waals surface area contributed by atoms with Crippen LogP contribution in [0.1, 0.15) is 31.2 Å². The highest BCUT2D eigenvalue weighted by molar-refractivity contribution is 6.03. The number of nitrogens with one attached hydrogen (secondary N) is 1. The SMILES string of the molecule is COc1cccc(C2=CCC(NC(=O)C3=C(C(=O)O)CCC3)C(F)=C2)c1. The van der Waals surface area contributed by atoms with Crippen LogP contribution in [0.3, 0.4) is 0 Å². The van der Waals surface area contributed by atoms with Gasteiger partial charge in [0.25, 0.3) is 0 Å². The van der Waals surface area contributed by atoms with Crippen LogP contribution in [-0.2, 0) is 9.59 Å². The Labute approximate surface area is 150 Å². The second-order valence-electron chi connectivity index (χ2n) is 6.30. The maximum atomic E-state index is 14.5. The van der Waals surface area contributed by atoms with Gasteiger partial charge in [-0.3, -0.25) is 4.79 Å². The predicted molar refractivity (Wildman–Crippen MR) is 95.2 cm³/mol. The van der Waals surface area contributed by atoms with E-state index in [-0.39, 0.29) is 11.1 Å². The fourth-order valence-corrected chi connectivity index (χ4v) is 3.27. The quantitative estimate of drug-likeness (QED) is 0.847. The second-order valence-corrected chi connectivity index (χ2v) is 6.30. The minimum atomic E-state index is -1.08. The molecular formula is C20H20FNO4. The van der Waals surface area contributed by atoms with Crippen molar-refractivity contribution in [1.29, 1.82) is 0 Å². The van der Waals surface area contributed by atoms with Crippen molar-refractivity contribution in [3.05, 3.63) is 59.0 Å². The summed E-state index contributed by atoms with van der Waals surface area (Å²) >= 11 is 0. The topological polar surface area (TPSA) is 75.6 Å². The van der Waals surface area contributed by atoms with Gasteiger partial charge in [-0.2, -0.15) is 0 Å². The molecule has 0 bridgehead atoms. The van der Waals surface area contributed by atoms with Crippen LogP contribution in [0.15, 0.2) is 53.4 Å². The van der Waals surface area contributed by atoms with E-state index in [2.05, 4.69) is 5.32 Å². The van der Waals surface area contributed by atoms with Crippen molar-refractivity contribution in [3.8, 4) is 5.75 Å². The number of carbonyl (C=O) groups is 2. The molecule has 1 unspecified atom stereocenters. The number of carbonyl (C=O) groups excluding carboxylic acids is 1. The number of amides is 1. The monoisotopic (exact) mass is 357 g/mol. The molecule has 2 aliphatic rings. The Hall–Kier alpha value is -2.89. The van der Waals surface area contributed by atoms with Crippen molar-refractivity contribution in [3.63, 3.8) is 0 Å². The molecule has 2 aliphatic carbocycles. The molecule has 2 N–H and O–H groups in total. The fraction of sp³-hybridized carbons (Fsp3) is 0.300. The highest BCUT2D eigenvalue weighted by atomic mass is 19.1. The lowest BCUT2D eigenvalue weighted by Crippen LogP contribution is -2.37. The zero-order valence-corrected chi connectivity index (χ0v) is 14.4. The number of allylic oxidation sites excluding steroid dienone is 2. The van der Waals surface area contributed by atoms with Crippen LogP contribution >= 0.6 is 0 Å². The zero-order chi connectivity index (χ0) is 18.7. The summed E-state index contributed by atoms with van der Waals surface area (Å²) in [7, 11) is 1.57. The molecule has 0 aliphatic heterocycles. The van der Waals surface area contributed by atoms with Gasteiger partial charge in [-0.1, -0.05) is 18.2 Å². The van der Waals surface area contributed by atoms with Gasteiger partial charge in [0, 0.05) is 11.1 Å². The molecule has 3 rings (SSSR count). The molecule has 0 saturated carbocycles. The maximum Gasteiger partial charge on any atom is 0.332 e. The van der Waals surface area contributed by atoms with Crippen molar-refractivity contribution >= 4 is 17.4 Å². The standard InChI is InChI=1S/C20H20FNO4/c1-26-14-5-2-4-12(10-14)13-8-9-18(17(21)11-13)22-19(23)15-6-3-7-16(15)20(24)25/h2,4-5,8,10-11,18H,3,6-7,9H2,1H3,(H,22,23)(H,24,25). The number of halogens is 1. The first kappa shape index (κ1) is 17.9. The van der Waals surface area contributed by atoms with Gasteiger partial charge in [-0.05, 0) is 55.0 Å². The van der Waals surface area contributed by atoms with Crippen molar-refractivity contribution < 1.29 is 23.8 Å². The number of methoxy groups -OCH3 is 1. The minimum absolute atomic E-state index is 0.135. The summed E-state index contributed by atoms with van der Waals surface area (Å²) < 4.78 is 19.7. The normalized spacial score (nSPS) is 19.7. The number of benzene rings is 1. The van der Waals surface area contributed by atoms with Gasteiger partial charge >= 0.3 is 5.97 Å². The minimum Gasteiger partial charge on any atom is -0.497 e. The van der Waals surface area contributed by atoms with Crippen LogP contribution in [0.2, 0.25) is 0 Å². The van der Waals surface area contributed by atoms with E-state index in [1.54, 1.807) is 7.11 Å². The lowest BCUT2D eigenvalue weighted by Gasteiger charge is -2.21. The van der Waals surface area contributed by atoms with E-state index in [1.165, 1.54) is 6.08 Å². The third-order valence-electron chi connectivity index (χ3n) is 4.66. The van der Waals surface area contributed by atoms with Crippen LogP contribution in [-0.4, -0.2) is 30.1 Å². The molecular weight excluding hydrogens is 337 g/mol. The average molecular weight is 357 g/mol. The van der Waals surface area contributed by atoms with E-state index < -0.39 is 23.7 Å². The van der Waals surface area contributed by atoms with Crippen LogP contribution in [0.4, 0.5) is 4.39 Å². The van der Waals surface area contributed by atoms with Crippen LogP contribution in [0.5, 0.6) is 5.75 Å². The summed E-state index contributed by atoms with van der Waals surface area (Å²) in [5.41, 5.74) is 1.94. The van der Waals surface area contributed by atoms with Gasteiger partial charge in [0.2, 0.25) is 5.91 Å². The summed E-state index contributed by atoms with van der Waals surface area (Å²) in [6.07, 6.45) is 4.97. The number of ether oxygens (including phenoxy) is 1. The Morgan fingerprint density at radius 1 is 1.27 bits per heavy atom. The Bertz CT molecular complexity index is 838. The molecule has 0 heterocycles. The number of rotatable bonds is 5. The molecule has 0 aromatic heterocycles. The molecule has 0 saturated heterocycles. The largest absolute Gasteiger partial charge is 0.497 e. The Morgan fingerprint density at radius 2 is 2.04 bits per heavy atom. The summed E-state index contributed by atoms with van der Waals surface area (Å²) in [4.78, 5) is 23.5. The van der Waals surface area contributed by atoms with Gasteiger partial charge in [0.1, 0.15) is 11.6 Å². The second kappa shape index (κ2) is 7.56. The zero-order valence-electron chi connectivity index (χ0n) is 14.4. The number of carboxylic acids is 1. The molecule has 136 valence electrons. The molecule has 0 fully saturated rings. The highest BCUT2D eigenvalue weighted by Crippen LogP contribution is 2.30. The van der Waals surface area contributed by atoms with Gasteiger partial charge in [-0.25, -0.2) is 9.18 Å². The highest BCUT2D eigenvalue weighted by Gasteiger charge is 2.28. The van der Waals surface area contributed by atoms with E-state index in [1.807, 2.05) is 30.3 Å². The summed E-state index contributed by atoms with van der Waals surface area (Å²) in [5, 5.41) is 11.8.